The standard InChI is InChI=1S/C15H26N2S/c1-4-11-16-15(5-2,6-3)14-17-12-9-7-8-10-13(12)18-14/h16H,4-11H2,1-3H3. The van der Waals surface area contributed by atoms with E-state index in [2.05, 4.69) is 26.1 Å². The second kappa shape index (κ2) is 6.16. The summed E-state index contributed by atoms with van der Waals surface area (Å²) in [5, 5.41) is 5.10. The van der Waals surface area contributed by atoms with E-state index in [4.69, 9.17) is 4.98 Å². The van der Waals surface area contributed by atoms with Crippen LogP contribution in [0.3, 0.4) is 0 Å². The van der Waals surface area contributed by atoms with Gasteiger partial charge in [-0.1, -0.05) is 20.8 Å². The van der Waals surface area contributed by atoms with Crippen molar-refractivity contribution in [2.75, 3.05) is 6.54 Å². The zero-order valence-corrected chi connectivity index (χ0v) is 12.8. The van der Waals surface area contributed by atoms with Crippen molar-refractivity contribution >= 4 is 11.3 Å². The summed E-state index contributed by atoms with van der Waals surface area (Å²) in [7, 11) is 0. The van der Waals surface area contributed by atoms with Gasteiger partial charge < -0.3 is 5.32 Å². The Morgan fingerprint density at radius 3 is 2.50 bits per heavy atom. The van der Waals surface area contributed by atoms with E-state index in [1.807, 2.05) is 11.3 Å². The Morgan fingerprint density at radius 2 is 1.89 bits per heavy atom. The van der Waals surface area contributed by atoms with Crippen LogP contribution in [0.4, 0.5) is 0 Å². The average molecular weight is 266 g/mol. The Kier molecular flexibility index (Phi) is 4.79. The molecule has 0 fully saturated rings. The Balaban J connectivity index is 2.26. The minimum absolute atomic E-state index is 0.123. The number of thiazole rings is 1. The molecule has 0 unspecified atom stereocenters. The van der Waals surface area contributed by atoms with E-state index in [0.29, 0.717) is 0 Å². The lowest BCUT2D eigenvalue weighted by atomic mass is 9.93. The van der Waals surface area contributed by atoms with Crippen LogP contribution in [0, 0.1) is 0 Å². The molecule has 1 aromatic heterocycles. The summed E-state index contributed by atoms with van der Waals surface area (Å²) in [6, 6.07) is 0. The van der Waals surface area contributed by atoms with E-state index in [9.17, 15) is 0 Å². The van der Waals surface area contributed by atoms with Crippen molar-refractivity contribution in [1.82, 2.24) is 10.3 Å². The molecule has 1 aliphatic carbocycles. The molecule has 1 aliphatic rings. The second-order valence-corrected chi connectivity index (χ2v) is 6.40. The smallest absolute Gasteiger partial charge is 0.113 e. The predicted molar refractivity (Wildman–Crippen MR) is 79.3 cm³/mol. The van der Waals surface area contributed by atoms with Gasteiger partial charge in [-0.25, -0.2) is 4.98 Å². The summed E-state index contributed by atoms with van der Waals surface area (Å²) in [4.78, 5) is 6.53. The molecule has 0 spiro atoms. The number of nitrogens with one attached hydrogen (secondary N) is 1. The van der Waals surface area contributed by atoms with Crippen LogP contribution < -0.4 is 5.32 Å². The molecule has 1 N–H and O–H groups in total. The van der Waals surface area contributed by atoms with E-state index in [0.717, 1.165) is 19.4 Å². The highest BCUT2D eigenvalue weighted by Crippen LogP contribution is 2.36. The van der Waals surface area contributed by atoms with Crippen LogP contribution in [0.15, 0.2) is 0 Å². The number of aromatic nitrogens is 1. The fourth-order valence-corrected chi connectivity index (χ4v) is 4.26. The van der Waals surface area contributed by atoms with Crippen molar-refractivity contribution < 1.29 is 0 Å². The normalized spacial score (nSPS) is 15.7. The van der Waals surface area contributed by atoms with E-state index in [1.54, 1.807) is 4.88 Å². The van der Waals surface area contributed by atoms with Gasteiger partial charge in [0.1, 0.15) is 5.01 Å². The molecular weight excluding hydrogens is 240 g/mol. The SMILES string of the molecule is CCCNC(CC)(CC)c1nc2c(s1)CCCC2. The van der Waals surface area contributed by atoms with Crippen molar-refractivity contribution in [1.29, 1.82) is 0 Å². The van der Waals surface area contributed by atoms with Crippen LogP contribution >= 0.6 is 11.3 Å². The van der Waals surface area contributed by atoms with Crippen LogP contribution in [0.1, 0.15) is 68.5 Å². The first-order chi connectivity index (χ1) is 8.75. The van der Waals surface area contributed by atoms with Crippen molar-refractivity contribution in [3.05, 3.63) is 15.6 Å². The summed E-state index contributed by atoms with van der Waals surface area (Å²) in [6.45, 7) is 7.89. The molecule has 18 heavy (non-hydrogen) atoms. The minimum atomic E-state index is 0.123. The largest absolute Gasteiger partial charge is 0.305 e. The molecule has 1 aromatic rings. The highest BCUT2D eigenvalue weighted by molar-refractivity contribution is 7.11. The molecule has 0 atom stereocenters. The first-order valence-corrected chi connectivity index (χ1v) is 8.31. The Bertz CT molecular complexity index is 356. The van der Waals surface area contributed by atoms with Gasteiger partial charge in [-0.2, -0.15) is 0 Å². The topological polar surface area (TPSA) is 24.9 Å². The summed E-state index contributed by atoms with van der Waals surface area (Å²) in [5.74, 6) is 0. The molecule has 1 heterocycles. The molecule has 0 bridgehead atoms. The number of fused-ring (bicyclic) bond motifs is 1. The first-order valence-electron chi connectivity index (χ1n) is 7.49. The van der Waals surface area contributed by atoms with E-state index < -0.39 is 0 Å². The van der Waals surface area contributed by atoms with Crippen LogP contribution in [0.5, 0.6) is 0 Å². The molecule has 0 saturated carbocycles. The van der Waals surface area contributed by atoms with Crippen LogP contribution in [-0.4, -0.2) is 11.5 Å². The molecule has 0 amide bonds. The fraction of sp³-hybridized carbons (Fsp3) is 0.800. The lowest BCUT2D eigenvalue weighted by Gasteiger charge is -2.31. The maximum atomic E-state index is 4.97. The number of hydrogen-bond acceptors (Lipinski definition) is 3. The third kappa shape index (κ3) is 2.62. The maximum Gasteiger partial charge on any atom is 0.113 e. The molecule has 102 valence electrons. The summed E-state index contributed by atoms with van der Waals surface area (Å²) in [5.41, 5.74) is 1.52. The molecule has 0 radical (unpaired) electrons. The summed E-state index contributed by atoms with van der Waals surface area (Å²) < 4.78 is 0. The number of aryl methyl sites for hydroxylation is 2. The lowest BCUT2D eigenvalue weighted by molar-refractivity contribution is 0.307. The fourth-order valence-electron chi connectivity index (χ4n) is 2.80. The summed E-state index contributed by atoms with van der Waals surface area (Å²) in [6.07, 6.45) is 8.58. The van der Waals surface area contributed by atoms with Gasteiger partial charge in [-0.3, -0.25) is 0 Å². The van der Waals surface area contributed by atoms with Gasteiger partial charge >= 0.3 is 0 Å². The van der Waals surface area contributed by atoms with Crippen molar-refractivity contribution in [2.45, 2.75) is 71.3 Å². The van der Waals surface area contributed by atoms with Gasteiger partial charge in [0.25, 0.3) is 0 Å². The van der Waals surface area contributed by atoms with E-state index >= 15 is 0 Å². The van der Waals surface area contributed by atoms with Gasteiger partial charge in [0.05, 0.1) is 11.2 Å². The molecule has 2 nitrogen and oxygen atoms in total. The highest BCUT2D eigenvalue weighted by Gasteiger charge is 2.32. The van der Waals surface area contributed by atoms with Gasteiger partial charge in [0.2, 0.25) is 0 Å². The molecule has 0 saturated heterocycles. The van der Waals surface area contributed by atoms with Crippen LogP contribution in [0.2, 0.25) is 0 Å². The molecule has 0 aliphatic heterocycles. The Hall–Kier alpha value is -0.410. The minimum Gasteiger partial charge on any atom is -0.305 e. The number of rotatable bonds is 6. The third-order valence-electron chi connectivity index (χ3n) is 4.18. The van der Waals surface area contributed by atoms with Crippen molar-refractivity contribution in [3.63, 3.8) is 0 Å². The number of hydrogen-bond donors (Lipinski definition) is 1. The Morgan fingerprint density at radius 1 is 1.17 bits per heavy atom. The molecular formula is C15H26N2S. The average Bonchev–Trinajstić information content (AvgIpc) is 2.85. The zero-order chi connectivity index (χ0) is 13.0. The lowest BCUT2D eigenvalue weighted by Crippen LogP contribution is -2.41. The second-order valence-electron chi connectivity index (χ2n) is 5.31. The van der Waals surface area contributed by atoms with Crippen molar-refractivity contribution in [2.24, 2.45) is 0 Å². The third-order valence-corrected chi connectivity index (χ3v) is 5.54. The highest BCUT2D eigenvalue weighted by atomic mass is 32.1. The molecule has 3 heteroatoms. The van der Waals surface area contributed by atoms with Gasteiger partial charge in [-0.15, -0.1) is 11.3 Å². The van der Waals surface area contributed by atoms with Gasteiger partial charge in [-0.05, 0) is 51.5 Å². The van der Waals surface area contributed by atoms with Crippen LogP contribution in [0.25, 0.3) is 0 Å². The quantitative estimate of drug-likeness (QED) is 0.840. The number of nitrogens with zero attached hydrogens (tertiary/aromatic N) is 1. The monoisotopic (exact) mass is 266 g/mol. The van der Waals surface area contributed by atoms with E-state index in [1.165, 1.54) is 42.8 Å². The van der Waals surface area contributed by atoms with Gasteiger partial charge in [0.15, 0.2) is 0 Å². The van der Waals surface area contributed by atoms with Crippen molar-refractivity contribution in [3.8, 4) is 0 Å². The molecule has 2 rings (SSSR count). The zero-order valence-electron chi connectivity index (χ0n) is 12.0. The Labute approximate surface area is 115 Å². The van der Waals surface area contributed by atoms with E-state index in [-0.39, 0.29) is 5.54 Å². The first kappa shape index (κ1) is 14.0. The maximum absolute atomic E-state index is 4.97. The van der Waals surface area contributed by atoms with Crippen LogP contribution in [-0.2, 0) is 18.4 Å². The molecule has 0 aromatic carbocycles. The predicted octanol–water partition coefficient (Wildman–Crippen LogP) is 4.04. The summed E-state index contributed by atoms with van der Waals surface area (Å²) >= 11 is 1.97. The van der Waals surface area contributed by atoms with Gasteiger partial charge in [0, 0.05) is 4.88 Å².